The summed E-state index contributed by atoms with van der Waals surface area (Å²) < 4.78 is 18.6. The van der Waals surface area contributed by atoms with Crippen LogP contribution in [0.4, 0.5) is 4.39 Å². The van der Waals surface area contributed by atoms with Crippen LogP contribution in [0, 0.1) is 5.82 Å². The predicted molar refractivity (Wildman–Crippen MR) is 65.1 cm³/mol. The summed E-state index contributed by atoms with van der Waals surface area (Å²) >= 11 is 5.82. The van der Waals surface area contributed by atoms with Gasteiger partial charge in [0.15, 0.2) is 0 Å². The second kappa shape index (κ2) is 5.63. The van der Waals surface area contributed by atoms with Gasteiger partial charge < -0.3 is 9.64 Å². The second-order valence-electron chi connectivity index (χ2n) is 4.14. The lowest BCUT2D eigenvalue weighted by Crippen LogP contribution is -2.45. The van der Waals surface area contributed by atoms with Gasteiger partial charge >= 0.3 is 0 Å². The molecule has 1 atom stereocenters. The Morgan fingerprint density at radius 3 is 3.22 bits per heavy atom. The van der Waals surface area contributed by atoms with Crippen molar-refractivity contribution in [3.63, 3.8) is 0 Å². The number of hydrogen-bond donors (Lipinski definition) is 0. The van der Waals surface area contributed by atoms with Gasteiger partial charge in [-0.3, -0.25) is 4.79 Å². The van der Waals surface area contributed by atoms with Crippen LogP contribution in [0.2, 0.25) is 5.15 Å². The van der Waals surface area contributed by atoms with Crippen LogP contribution in [-0.2, 0) is 4.74 Å². The smallest absolute Gasteiger partial charge is 0.257 e. The Kier molecular flexibility index (Phi) is 4.14. The van der Waals surface area contributed by atoms with Gasteiger partial charge in [-0.05, 0) is 12.5 Å². The van der Waals surface area contributed by atoms with Gasteiger partial charge in [-0.25, -0.2) is 9.37 Å². The van der Waals surface area contributed by atoms with Crippen LogP contribution in [0.5, 0.6) is 0 Å². The first kappa shape index (κ1) is 13.2. The first-order chi connectivity index (χ1) is 8.61. The van der Waals surface area contributed by atoms with E-state index in [9.17, 15) is 9.18 Å². The number of rotatable bonds is 2. The molecule has 0 radical (unpaired) electrons. The Morgan fingerprint density at radius 2 is 2.50 bits per heavy atom. The quantitative estimate of drug-likeness (QED) is 0.775. The molecule has 0 saturated carbocycles. The van der Waals surface area contributed by atoms with Crippen molar-refractivity contribution in [2.24, 2.45) is 0 Å². The third kappa shape index (κ3) is 2.79. The van der Waals surface area contributed by atoms with Gasteiger partial charge in [-0.1, -0.05) is 18.5 Å². The molecular formula is C12H14ClFN2O2. The van der Waals surface area contributed by atoms with Crippen molar-refractivity contribution in [1.82, 2.24) is 9.88 Å². The van der Waals surface area contributed by atoms with E-state index in [0.717, 1.165) is 18.7 Å². The van der Waals surface area contributed by atoms with E-state index in [0.29, 0.717) is 19.7 Å². The minimum atomic E-state index is -0.567. The lowest BCUT2D eigenvalue weighted by atomic mass is 10.2. The summed E-state index contributed by atoms with van der Waals surface area (Å²) in [5.74, 6) is -0.864. The van der Waals surface area contributed by atoms with Gasteiger partial charge in [0, 0.05) is 13.1 Å². The molecule has 1 aromatic rings. The molecule has 6 heteroatoms. The number of pyridine rings is 1. The van der Waals surface area contributed by atoms with E-state index in [1.165, 1.54) is 0 Å². The number of morpholine rings is 1. The van der Waals surface area contributed by atoms with Crippen molar-refractivity contribution in [2.45, 2.75) is 19.4 Å². The Morgan fingerprint density at radius 1 is 1.72 bits per heavy atom. The van der Waals surface area contributed by atoms with E-state index in [2.05, 4.69) is 4.98 Å². The summed E-state index contributed by atoms with van der Waals surface area (Å²) in [4.78, 5) is 17.5. The zero-order valence-electron chi connectivity index (χ0n) is 10.0. The molecule has 0 bridgehead atoms. The molecule has 1 aliphatic heterocycles. The van der Waals surface area contributed by atoms with Crippen LogP contribution >= 0.6 is 11.6 Å². The van der Waals surface area contributed by atoms with Gasteiger partial charge in [0.25, 0.3) is 5.91 Å². The van der Waals surface area contributed by atoms with E-state index in [4.69, 9.17) is 16.3 Å². The van der Waals surface area contributed by atoms with Crippen molar-refractivity contribution in [3.05, 3.63) is 28.8 Å². The molecule has 0 N–H and O–H groups in total. The maximum Gasteiger partial charge on any atom is 0.257 e. The number of amides is 1. The van der Waals surface area contributed by atoms with Crippen LogP contribution < -0.4 is 0 Å². The third-order valence-electron chi connectivity index (χ3n) is 2.92. The molecule has 1 unspecified atom stereocenters. The first-order valence-electron chi connectivity index (χ1n) is 5.83. The Bertz CT molecular complexity index is 456. The van der Waals surface area contributed by atoms with Gasteiger partial charge in [-0.2, -0.15) is 0 Å². The molecule has 0 aliphatic carbocycles. The summed E-state index contributed by atoms with van der Waals surface area (Å²) in [5, 5.41) is 0.0286. The predicted octanol–water partition coefficient (Wildman–Crippen LogP) is 2.13. The van der Waals surface area contributed by atoms with Crippen LogP contribution in [0.3, 0.4) is 0 Å². The fourth-order valence-corrected chi connectivity index (χ4v) is 2.08. The summed E-state index contributed by atoms with van der Waals surface area (Å²) in [6.07, 6.45) is 1.86. The van der Waals surface area contributed by atoms with Crippen molar-refractivity contribution in [3.8, 4) is 0 Å². The zero-order chi connectivity index (χ0) is 13.1. The highest BCUT2D eigenvalue weighted by Gasteiger charge is 2.25. The number of carbonyl (C=O) groups is 1. The summed E-state index contributed by atoms with van der Waals surface area (Å²) in [5.41, 5.74) is 0.105. The van der Waals surface area contributed by atoms with E-state index in [1.807, 2.05) is 6.92 Å². The minimum absolute atomic E-state index is 0.0286. The number of halogens is 2. The molecule has 0 spiro atoms. The van der Waals surface area contributed by atoms with Crippen molar-refractivity contribution >= 4 is 17.5 Å². The molecule has 1 fully saturated rings. The molecule has 1 amide bonds. The first-order valence-corrected chi connectivity index (χ1v) is 6.21. The number of hydrogen-bond acceptors (Lipinski definition) is 3. The van der Waals surface area contributed by atoms with E-state index in [1.54, 1.807) is 4.90 Å². The highest BCUT2D eigenvalue weighted by atomic mass is 35.5. The van der Waals surface area contributed by atoms with Crippen LogP contribution in [-0.4, -0.2) is 41.6 Å². The van der Waals surface area contributed by atoms with Crippen molar-refractivity contribution in [1.29, 1.82) is 0 Å². The van der Waals surface area contributed by atoms with Crippen molar-refractivity contribution < 1.29 is 13.9 Å². The highest BCUT2D eigenvalue weighted by Crippen LogP contribution is 2.18. The van der Waals surface area contributed by atoms with Gasteiger partial charge in [0.05, 0.1) is 24.5 Å². The topological polar surface area (TPSA) is 42.4 Å². The number of ether oxygens (including phenoxy) is 1. The van der Waals surface area contributed by atoms with Crippen LogP contribution in [0.25, 0.3) is 0 Å². The van der Waals surface area contributed by atoms with E-state index in [-0.39, 0.29) is 22.7 Å². The average molecular weight is 273 g/mol. The Labute approximate surface area is 110 Å². The SMILES string of the molecule is CCC1CN(C(=O)c2cc(F)cnc2Cl)CCO1. The van der Waals surface area contributed by atoms with Gasteiger partial charge in [0.1, 0.15) is 11.0 Å². The third-order valence-corrected chi connectivity index (χ3v) is 3.22. The summed E-state index contributed by atoms with van der Waals surface area (Å²) in [7, 11) is 0. The Hall–Kier alpha value is -1.20. The molecule has 0 aromatic carbocycles. The fourth-order valence-electron chi connectivity index (χ4n) is 1.89. The van der Waals surface area contributed by atoms with Crippen molar-refractivity contribution in [2.75, 3.05) is 19.7 Å². The van der Waals surface area contributed by atoms with Gasteiger partial charge in [0.2, 0.25) is 0 Å². The molecule has 1 aromatic heterocycles. The Balaban J connectivity index is 2.17. The second-order valence-corrected chi connectivity index (χ2v) is 4.50. The molecule has 18 heavy (non-hydrogen) atoms. The lowest BCUT2D eigenvalue weighted by Gasteiger charge is -2.32. The normalized spacial score (nSPS) is 19.9. The molecule has 2 heterocycles. The summed E-state index contributed by atoms with van der Waals surface area (Å²) in [6.45, 7) is 3.48. The lowest BCUT2D eigenvalue weighted by molar-refractivity contribution is -0.0226. The maximum atomic E-state index is 13.1. The zero-order valence-corrected chi connectivity index (χ0v) is 10.8. The minimum Gasteiger partial charge on any atom is -0.375 e. The number of aromatic nitrogens is 1. The average Bonchev–Trinajstić information content (AvgIpc) is 2.41. The molecule has 1 saturated heterocycles. The standard InChI is InChI=1S/C12H14ClFN2O2/c1-2-9-7-16(3-4-18-9)12(17)10-5-8(14)6-15-11(10)13/h5-6,9H,2-4,7H2,1H3. The monoisotopic (exact) mass is 272 g/mol. The molecule has 2 rings (SSSR count). The van der Waals surface area contributed by atoms with E-state index >= 15 is 0 Å². The largest absolute Gasteiger partial charge is 0.375 e. The van der Waals surface area contributed by atoms with Crippen LogP contribution in [0.1, 0.15) is 23.7 Å². The molecular weight excluding hydrogens is 259 g/mol. The number of nitrogens with zero attached hydrogens (tertiary/aromatic N) is 2. The summed E-state index contributed by atoms with van der Waals surface area (Å²) in [6, 6.07) is 1.12. The molecule has 4 nitrogen and oxygen atoms in total. The fraction of sp³-hybridized carbons (Fsp3) is 0.500. The van der Waals surface area contributed by atoms with E-state index < -0.39 is 5.82 Å². The molecule has 1 aliphatic rings. The molecule has 98 valence electrons. The number of carbonyl (C=O) groups excluding carboxylic acids is 1. The maximum absolute atomic E-state index is 13.1. The highest BCUT2D eigenvalue weighted by molar-refractivity contribution is 6.32. The van der Waals surface area contributed by atoms with Gasteiger partial charge in [-0.15, -0.1) is 0 Å². The van der Waals surface area contributed by atoms with Crippen LogP contribution in [0.15, 0.2) is 12.3 Å².